The van der Waals surface area contributed by atoms with Crippen LogP contribution in [0, 0.1) is 0 Å². The van der Waals surface area contributed by atoms with Crippen molar-refractivity contribution in [3.8, 4) is 0 Å². The Bertz CT molecular complexity index is 327. The minimum Gasteiger partial charge on any atom is -0.351 e. The van der Waals surface area contributed by atoms with Gasteiger partial charge in [0.2, 0.25) is 0 Å². The van der Waals surface area contributed by atoms with Crippen LogP contribution < -0.4 is 5.73 Å². The third kappa shape index (κ3) is 2.85. The van der Waals surface area contributed by atoms with Gasteiger partial charge in [-0.25, -0.2) is 4.79 Å². The van der Waals surface area contributed by atoms with Crippen molar-refractivity contribution in [2.24, 2.45) is 5.73 Å². The van der Waals surface area contributed by atoms with Gasteiger partial charge < -0.3 is 10.6 Å². The molecule has 0 aromatic carbocycles. The van der Waals surface area contributed by atoms with Gasteiger partial charge >= 0.3 is 6.03 Å². The van der Waals surface area contributed by atoms with Crippen LogP contribution in [0.25, 0.3) is 0 Å². The molecule has 82 valence electrons. The van der Waals surface area contributed by atoms with Gasteiger partial charge in [-0.1, -0.05) is 0 Å². The van der Waals surface area contributed by atoms with Crippen LogP contribution in [0.5, 0.6) is 0 Å². The summed E-state index contributed by atoms with van der Waals surface area (Å²) in [7, 11) is -3.46. The van der Waals surface area contributed by atoms with E-state index in [-0.39, 0.29) is 12.6 Å². The maximum absolute atomic E-state index is 10.9. The number of nitrogens with two attached hydrogens (primary N) is 1. The summed E-state index contributed by atoms with van der Waals surface area (Å²) in [6.45, 7) is 2.04. The molecule has 0 spiro atoms. The number of primary amides is 1. The first kappa shape index (κ1) is 11.3. The van der Waals surface area contributed by atoms with Gasteiger partial charge in [0.25, 0.3) is 10.1 Å². The fourth-order valence-electron chi connectivity index (χ4n) is 1.61. The average molecular weight is 222 g/mol. The number of nitrogens with zero attached hydrogens (tertiary/aromatic N) is 1. The summed E-state index contributed by atoms with van der Waals surface area (Å²) >= 11 is 0. The van der Waals surface area contributed by atoms with Crippen LogP contribution in [0.1, 0.15) is 13.3 Å². The monoisotopic (exact) mass is 222 g/mol. The summed E-state index contributed by atoms with van der Waals surface area (Å²) in [6, 6.07) is -0.614. The van der Waals surface area contributed by atoms with E-state index in [1.54, 1.807) is 6.92 Å². The summed E-state index contributed by atoms with van der Waals surface area (Å²) in [6.07, 6.45) is 1.02. The fourth-order valence-corrected chi connectivity index (χ4v) is 2.24. The first-order valence-corrected chi connectivity index (χ1v) is 6.05. The van der Waals surface area contributed by atoms with Crippen LogP contribution in [0.3, 0.4) is 0 Å². The van der Waals surface area contributed by atoms with E-state index in [9.17, 15) is 13.2 Å². The summed E-state index contributed by atoms with van der Waals surface area (Å²) in [4.78, 5) is 12.3. The van der Waals surface area contributed by atoms with Crippen molar-refractivity contribution in [1.29, 1.82) is 0 Å². The molecule has 1 aliphatic heterocycles. The van der Waals surface area contributed by atoms with Gasteiger partial charge in [-0.2, -0.15) is 8.42 Å². The fraction of sp³-hybridized carbons (Fsp3) is 0.857. The van der Waals surface area contributed by atoms with Crippen LogP contribution in [0.2, 0.25) is 0 Å². The Morgan fingerprint density at radius 2 is 2.14 bits per heavy atom. The molecule has 1 saturated heterocycles. The number of likely N-dealkylation sites (tertiary alicyclic amines) is 1. The highest BCUT2D eigenvalue weighted by atomic mass is 32.2. The number of rotatable bonds is 2. The second-order valence-electron chi connectivity index (χ2n) is 3.50. The third-order valence-corrected chi connectivity index (χ3v) is 2.75. The highest BCUT2D eigenvalue weighted by Crippen LogP contribution is 2.20. The van der Waals surface area contributed by atoms with Crippen molar-refractivity contribution in [3.63, 3.8) is 0 Å². The second kappa shape index (κ2) is 3.74. The standard InChI is InChI=1S/C7H14N2O4S/c1-5-3-6(13-14(2,11)12)4-9(5)7(8)10/h5-6H,3-4H2,1-2H3,(H2,8,10)/t5?,6-/m0/s1. The molecule has 2 N–H and O–H groups in total. The zero-order valence-electron chi connectivity index (χ0n) is 8.13. The van der Waals surface area contributed by atoms with Crippen molar-refractivity contribution in [2.45, 2.75) is 25.5 Å². The lowest BCUT2D eigenvalue weighted by Crippen LogP contribution is -2.38. The molecule has 1 fully saturated rings. The number of hydrogen-bond acceptors (Lipinski definition) is 4. The van der Waals surface area contributed by atoms with E-state index in [0.717, 1.165) is 6.26 Å². The van der Waals surface area contributed by atoms with E-state index in [2.05, 4.69) is 0 Å². The zero-order chi connectivity index (χ0) is 10.9. The summed E-state index contributed by atoms with van der Waals surface area (Å²) in [5.74, 6) is 0. The van der Waals surface area contributed by atoms with Gasteiger partial charge in [-0.3, -0.25) is 4.18 Å². The largest absolute Gasteiger partial charge is 0.351 e. The van der Waals surface area contributed by atoms with Gasteiger partial charge in [0.15, 0.2) is 0 Å². The Hall–Kier alpha value is -0.820. The lowest BCUT2D eigenvalue weighted by molar-refractivity contribution is 0.192. The topological polar surface area (TPSA) is 89.7 Å². The van der Waals surface area contributed by atoms with E-state index in [0.29, 0.717) is 6.42 Å². The molecule has 0 radical (unpaired) electrons. The number of carbonyl (C=O) groups excluding carboxylic acids is 1. The van der Waals surface area contributed by atoms with Crippen LogP contribution in [0.15, 0.2) is 0 Å². The number of carbonyl (C=O) groups is 1. The molecule has 2 amide bonds. The highest BCUT2D eigenvalue weighted by molar-refractivity contribution is 7.86. The summed E-state index contributed by atoms with van der Waals surface area (Å²) in [5, 5.41) is 0. The van der Waals surface area contributed by atoms with E-state index < -0.39 is 22.3 Å². The minimum atomic E-state index is -3.46. The van der Waals surface area contributed by atoms with E-state index in [1.165, 1.54) is 4.90 Å². The smallest absolute Gasteiger partial charge is 0.315 e. The molecule has 1 aliphatic rings. The lowest BCUT2D eigenvalue weighted by atomic mass is 10.2. The highest BCUT2D eigenvalue weighted by Gasteiger charge is 2.33. The van der Waals surface area contributed by atoms with Gasteiger partial charge in [-0.05, 0) is 13.3 Å². The maximum atomic E-state index is 10.9. The molecular weight excluding hydrogens is 208 g/mol. The van der Waals surface area contributed by atoms with Crippen LogP contribution in [0.4, 0.5) is 4.79 Å². The Morgan fingerprint density at radius 3 is 2.50 bits per heavy atom. The molecule has 2 atom stereocenters. The van der Waals surface area contributed by atoms with Gasteiger partial charge in [0.1, 0.15) is 0 Å². The van der Waals surface area contributed by atoms with Crippen molar-refractivity contribution in [1.82, 2.24) is 4.90 Å². The Labute approximate surface area is 83.1 Å². The van der Waals surface area contributed by atoms with Crippen molar-refractivity contribution in [3.05, 3.63) is 0 Å². The first-order valence-electron chi connectivity index (χ1n) is 4.24. The number of urea groups is 1. The summed E-state index contributed by atoms with van der Waals surface area (Å²) in [5.41, 5.74) is 5.10. The van der Waals surface area contributed by atoms with Gasteiger partial charge in [-0.15, -0.1) is 0 Å². The van der Waals surface area contributed by atoms with E-state index in [1.807, 2.05) is 0 Å². The van der Waals surface area contributed by atoms with E-state index >= 15 is 0 Å². The molecule has 14 heavy (non-hydrogen) atoms. The van der Waals surface area contributed by atoms with E-state index in [4.69, 9.17) is 9.92 Å². The molecule has 7 heteroatoms. The predicted octanol–water partition coefficient (Wildman–Crippen LogP) is -0.496. The minimum absolute atomic E-state index is 0.0701. The Balaban J connectivity index is 2.60. The van der Waals surface area contributed by atoms with Crippen LogP contribution in [-0.2, 0) is 14.3 Å². The molecule has 0 aromatic heterocycles. The molecule has 1 rings (SSSR count). The molecule has 6 nitrogen and oxygen atoms in total. The Kier molecular flexibility index (Phi) is 3.01. The van der Waals surface area contributed by atoms with Crippen molar-refractivity contribution < 1.29 is 17.4 Å². The third-order valence-electron chi connectivity index (χ3n) is 2.13. The molecule has 0 saturated carbocycles. The molecule has 0 aromatic rings. The lowest BCUT2D eigenvalue weighted by Gasteiger charge is -2.17. The SMILES string of the molecule is CC1C[C@H](OS(C)(=O)=O)CN1C(N)=O. The normalized spacial score (nSPS) is 28.0. The van der Waals surface area contributed by atoms with Crippen molar-refractivity contribution in [2.75, 3.05) is 12.8 Å². The first-order chi connectivity index (χ1) is 6.29. The Morgan fingerprint density at radius 1 is 1.57 bits per heavy atom. The molecule has 0 aliphatic carbocycles. The van der Waals surface area contributed by atoms with Gasteiger partial charge in [0.05, 0.1) is 18.9 Å². The quantitative estimate of drug-likeness (QED) is 0.638. The second-order valence-corrected chi connectivity index (χ2v) is 5.10. The molecular formula is C7H14N2O4S. The van der Waals surface area contributed by atoms with Crippen LogP contribution >= 0.6 is 0 Å². The summed E-state index contributed by atoms with van der Waals surface area (Å²) < 4.78 is 26.4. The molecule has 0 bridgehead atoms. The molecule has 1 heterocycles. The van der Waals surface area contributed by atoms with Gasteiger partial charge in [0, 0.05) is 6.04 Å². The number of hydrogen-bond donors (Lipinski definition) is 1. The molecule has 1 unspecified atom stereocenters. The predicted molar refractivity (Wildman–Crippen MR) is 50.1 cm³/mol. The average Bonchev–Trinajstić information content (AvgIpc) is 2.26. The zero-order valence-corrected chi connectivity index (χ0v) is 8.95. The number of amides is 2. The maximum Gasteiger partial charge on any atom is 0.315 e. The van der Waals surface area contributed by atoms with Crippen LogP contribution in [-0.4, -0.2) is 44.3 Å². The van der Waals surface area contributed by atoms with Crippen molar-refractivity contribution >= 4 is 16.1 Å².